The molecule has 5 rings (SSSR count). The van der Waals surface area contributed by atoms with E-state index in [1.165, 1.54) is 0 Å². The van der Waals surface area contributed by atoms with E-state index in [2.05, 4.69) is 18.7 Å². The van der Waals surface area contributed by atoms with Gasteiger partial charge in [0.25, 0.3) is 0 Å². The fraction of sp³-hybridized carbons (Fsp3) is 0.417. The van der Waals surface area contributed by atoms with E-state index in [1.807, 2.05) is 48.5 Å². The minimum absolute atomic E-state index is 0.0845. The van der Waals surface area contributed by atoms with Gasteiger partial charge in [-0.15, -0.1) is 0 Å². The third kappa shape index (κ3) is 4.02. The number of benzene rings is 2. The van der Waals surface area contributed by atoms with Crippen LogP contribution in [-0.4, -0.2) is 43.7 Å². The molecule has 0 spiro atoms. The molecular formula is C24H26O5. The summed E-state index contributed by atoms with van der Waals surface area (Å²) in [7, 11) is 0. The van der Waals surface area contributed by atoms with E-state index in [0.29, 0.717) is 19.8 Å². The third-order valence-corrected chi connectivity index (χ3v) is 5.75. The van der Waals surface area contributed by atoms with E-state index in [-0.39, 0.29) is 30.5 Å². The molecule has 0 N–H and O–H groups in total. The van der Waals surface area contributed by atoms with Gasteiger partial charge in [0.2, 0.25) is 0 Å². The Labute approximate surface area is 171 Å². The van der Waals surface area contributed by atoms with Crippen molar-refractivity contribution in [3.05, 3.63) is 83.9 Å². The molecule has 3 aliphatic rings. The van der Waals surface area contributed by atoms with Crippen LogP contribution in [0.5, 0.6) is 0 Å². The van der Waals surface area contributed by atoms with Crippen LogP contribution in [0.4, 0.5) is 0 Å². The SMILES string of the molecule is C=C1CO[C@H]2[C@@H](OCc3ccccc3)[C@@H]3O[C@H](c4ccccc4)OC[C@H]3O[C@H]2C1. The van der Waals surface area contributed by atoms with Crippen LogP contribution in [-0.2, 0) is 30.3 Å². The van der Waals surface area contributed by atoms with Gasteiger partial charge in [-0.2, -0.15) is 0 Å². The van der Waals surface area contributed by atoms with Gasteiger partial charge in [-0.1, -0.05) is 67.2 Å². The van der Waals surface area contributed by atoms with Gasteiger partial charge in [0, 0.05) is 5.56 Å². The molecule has 6 atom stereocenters. The van der Waals surface area contributed by atoms with Crippen LogP contribution in [0.1, 0.15) is 23.8 Å². The predicted molar refractivity (Wildman–Crippen MR) is 107 cm³/mol. The van der Waals surface area contributed by atoms with Crippen LogP contribution in [0.15, 0.2) is 72.8 Å². The van der Waals surface area contributed by atoms with Crippen molar-refractivity contribution in [1.82, 2.24) is 0 Å². The van der Waals surface area contributed by atoms with Gasteiger partial charge in [0.1, 0.15) is 24.4 Å². The van der Waals surface area contributed by atoms with Crippen molar-refractivity contribution in [1.29, 1.82) is 0 Å². The molecule has 2 aromatic rings. The molecule has 0 aliphatic carbocycles. The fourth-order valence-corrected chi connectivity index (χ4v) is 4.32. The van der Waals surface area contributed by atoms with Gasteiger partial charge in [0.05, 0.1) is 25.9 Å². The standard InChI is InChI=1S/C24H26O5/c1-16-12-19-21(25-13-16)23(26-14-17-8-4-2-5-9-17)22-20(28-19)15-27-24(29-22)18-10-6-3-7-11-18/h2-11,19-24H,1,12-15H2/t19-,20+,21+,22+,23+,24+/m0/s1. The first-order chi connectivity index (χ1) is 14.3. The highest BCUT2D eigenvalue weighted by atomic mass is 16.7. The van der Waals surface area contributed by atoms with E-state index in [4.69, 9.17) is 23.7 Å². The summed E-state index contributed by atoms with van der Waals surface area (Å²) in [6, 6.07) is 20.2. The number of fused-ring (bicyclic) bond motifs is 2. The zero-order valence-electron chi connectivity index (χ0n) is 16.3. The van der Waals surface area contributed by atoms with E-state index in [9.17, 15) is 0 Å². The first-order valence-corrected chi connectivity index (χ1v) is 10.2. The molecule has 0 amide bonds. The topological polar surface area (TPSA) is 46.2 Å². The van der Waals surface area contributed by atoms with E-state index < -0.39 is 6.29 Å². The van der Waals surface area contributed by atoms with Gasteiger partial charge >= 0.3 is 0 Å². The van der Waals surface area contributed by atoms with Crippen molar-refractivity contribution in [2.75, 3.05) is 13.2 Å². The van der Waals surface area contributed by atoms with E-state index in [0.717, 1.165) is 23.1 Å². The molecule has 0 unspecified atom stereocenters. The number of hydrogen-bond donors (Lipinski definition) is 0. The average molecular weight is 394 g/mol. The van der Waals surface area contributed by atoms with Gasteiger partial charge < -0.3 is 23.7 Å². The Morgan fingerprint density at radius 1 is 0.862 bits per heavy atom. The van der Waals surface area contributed by atoms with E-state index >= 15 is 0 Å². The Morgan fingerprint density at radius 3 is 2.41 bits per heavy atom. The van der Waals surface area contributed by atoms with Gasteiger partial charge in [-0.25, -0.2) is 0 Å². The Balaban J connectivity index is 1.37. The second-order valence-corrected chi connectivity index (χ2v) is 7.88. The van der Waals surface area contributed by atoms with Crippen LogP contribution in [0.3, 0.4) is 0 Å². The highest BCUT2D eigenvalue weighted by Gasteiger charge is 2.52. The fourth-order valence-electron chi connectivity index (χ4n) is 4.32. The molecule has 3 aliphatic heterocycles. The molecule has 0 radical (unpaired) electrons. The maximum atomic E-state index is 6.41. The van der Waals surface area contributed by atoms with Gasteiger partial charge in [-0.3, -0.25) is 0 Å². The van der Waals surface area contributed by atoms with Crippen molar-refractivity contribution in [3.63, 3.8) is 0 Å². The minimum Gasteiger partial charge on any atom is -0.368 e. The normalized spacial score (nSPS) is 34.3. The summed E-state index contributed by atoms with van der Waals surface area (Å²) in [5.74, 6) is 0. The van der Waals surface area contributed by atoms with Crippen LogP contribution >= 0.6 is 0 Å². The molecule has 3 heterocycles. The molecule has 152 valence electrons. The van der Waals surface area contributed by atoms with Crippen molar-refractivity contribution in [2.45, 2.75) is 49.8 Å². The Kier molecular flexibility index (Phi) is 5.48. The Hall–Kier alpha value is -2.02. The smallest absolute Gasteiger partial charge is 0.184 e. The van der Waals surface area contributed by atoms with Crippen LogP contribution in [0.25, 0.3) is 0 Å². The molecule has 0 saturated carbocycles. The van der Waals surface area contributed by atoms with E-state index in [1.54, 1.807) is 0 Å². The largest absolute Gasteiger partial charge is 0.368 e. The van der Waals surface area contributed by atoms with Crippen molar-refractivity contribution >= 4 is 0 Å². The zero-order valence-corrected chi connectivity index (χ0v) is 16.3. The summed E-state index contributed by atoms with van der Waals surface area (Å²) in [5, 5.41) is 0. The second kappa shape index (κ2) is 8.38. The summed E-state index contributed by atoms with van der Waals surface area (Å²) in [5.41, 5.74) is 3.16. The Bertz CT molecular complexity index is 824. The van der Waals surface area contributed by atoms with Gasteiger partial charge in [-0.05, 0) is 17.6 Å². The Morgan fingerprint density at radius 2 is 1.62 bits per heavy atom. The number of ether oxygens (including phenoxy) is 5. The maximum absolute atomic E-state index is 6.41. The zero-order chi connectivity index (χ0) is 19.6. The highest BCUT2D eigenvalue weighted by molar-refractivity contribution is 5.17. The number of hydrogen-bond acceptors (Lipinski definition) is 5. The summed E-state index contributed by atoms with van der Waals surface area (Å²) in [6.07, 6.45) is -0.599. The molecule has 0 aromatic heterocycles. The lowest BCUT2D eigenvalue weighted by atomic mass is 9.89. The van der Waals surface area contributed by atoms with Gasteiger partial charge in [0.15, 0.2) is 6.29 Å². The van der Waals surface area contributed by atoms with Crippen molar-refractivity contribution in [2.24, 2.45) is 0 Å². The average Bonchev–Trinajstić information content (AvgIpc) is 2.77. The lowest BCUT2D eigenvalue weighted by Crippen LogP contribution is -2.64. The minimum atomic E-state index is -0.431. The van der Waals surface area contributed by atoms with Crippen LogP contribution in [0, 0.1) is 0 Å². The third-order valence-electron chi connectivity index (χ3n) is 5.75. The lowest BCUT2D eigenvalue weighted by Gasteiger charge is -2.50. The van der Waals surface area contributed by atoms with Crippen molar-refractivity contribution in [3.8, 4) is 0 Å². The molecule has 29 heavy (non-hydrogen) atoms. The summed E-state index contributed by atoms with van der Waals surface area (Å²) >= 11 is 0. The van der Waals surface area contributed by atoms with Crippen LogP contribution < -0.4 is 0 Å². The molecule has 3 fully saturated rings. The molecule has 3 saturated heterocycles. The molecule has 5 heteroatoms. The molecule has 5 nitrogen and oxygen atoms in total. The molecule has 0 bridgehead atoms. The monoisotopic (exact) mass is 394 g/mol. The lowest BCUT2D eigenvalue weighted by molar-refractivity contribution is -0.341. The number of rotatable bonds is 4. The second-order valence-electron chi connectivity index (χ2n) is 7.88. The molecular weight excluding hydrogens is 368 g/mol. The first kappa shape index (κ1) is 19.0. The van der Waals surface area contributed by atoms with Crippen LogP contribution in [0.2, 0.25) is 0 Å². The quantitative estimate of drug-likeness (QED) is 0.739. The highest BCUT2D eigenvalue weighted by Crippen LogP contribution is 2.39. The summed E-state index contributed by atoms with van der Waals surface area (Å²) in [6.45, 7) is 5.57. The predicted octanol–water partition coefficient (Wildman–Crippen LogP) is 3.80. The summed E-state index contributed by atoms with van der Waals surface area (Å²) < 4.78 is 31.2. The van der Waals surface area contributed by atoms with Crippen molar-refractivity contribution < 1.29 is 23.7 Å². The summed E-state index contributed by atoms with van der Waals surface area (Å²) in [4.78, 5) is 0. The first-order valence-electron chi connectivity index (χ1n) is 10.2. The molecule has 2 aromatic carbocycles. The maximum Gasteiger partial charge on any atom is 0.184 e.